The average Bonchev–Trinajstić information content (AvgIpc) is 3.21. The number of aliphatic hydroxyl groups excluding tert-OH is 1. The molecular formula is C26H38N4O4. The molecule has 0 spiro atoms. The minimum Gasteiger partial charge on any atom is -0.493 e. The van der Waals surface area contributed by atoms with Gasteiger partial charge in [0.05, 0.1) is 18.2 Å². The Morgan fingerprint density at radius 1 is 1.03 bits per heavy atom. The van der Waals surface area contributed by atoms with Crippen LogP contribution in [0.3, 0.4) is 0 Å². The number of hydrogen-bond donors (Lipinski definition) is 3. The molecule has 3 aliphatic rings. The molecule has 8 nitrogen and oxygen atoms in total. The number of amides is 1. The molecule has 0 atom stereocenters. The molecule has 3 fully saturated rings. The van der Waals surface area contributed by atoms with Gasteiger partial charge in [-0.3, -0.25) is 0 Å². The normalized spacial score (nSPS) is 21.4. The summed E-state index contributed by atoms with van der Waals surface area (Å²) >= 11 is 0. The molecule has 0 bridgehead atoms. The van der Waals surface area contributed by atoms with E-state index < -0.39 is 6.09 Å². The Morgan fingerprint density at radius 2 is 1.74 bits per heavy atom. The number of aromatic nitrogens is 1. The number of fused-ring (bicyclic) bond motifs is 1. The molecule has 8 heteroatoms. The first-order valence-electron chi connectivity index (χ1n) is 13.0. The highest BCUT2D eigenvalue weighted by Crippen LogP contribution is 2.32. The first-order valence-corrected chi connectivity index (χ1v) is 13.0. The Balaban J connectivity index is 1.05. The minimum atomic E-state index is -0.409. The summed E-state index contributed by atoms with van der Waals surface area (Å²) in [5.41, 5.74) is 0.908. The van der Waals surface area contributed by atoms with Crippen molar-refractivity contribution in [3.8, 4) is 11.6 Å². The first-order chi connectivity index (χ1) is 16.6. The highest BCUT2D eigenvalue weighted by Gasteiger charge is 2.23. The second-order valence-corrected chi connectivity index (χ2v) is 10.2. The van der Waals surface area contributed by atoms with Crippen molar-refractivity contribution in [1.29, 1.82) is 0 Å². The van der Waals surface area contributed by atoms with Crippen molar-refractivity contribution < 1.29 is 19.4 Å². The number of likely N-dealkylation sites (tertiary alicyclic amines) is 2. The van der Waals surface area contributed by atoms with E-state index in [-0.39, 0.29) is 12.1 Å². The van der Waals surface area contributed by atoms with Gasteiger partial charge in [-0.05, 0) is 56.6 Å². The number of H-pyrrole nitrogens is 1. The molecule has 34 heavy (non-hydrogen) atoms. The van der Waals surface area contributed by atoms with Gasteiger partial charge in [-0.25, -0.2) is 4.79 Å². The lowest BCUT2D eigenvalue weighted by molar-refractivity contribution is 0.0739. The van der Waals surface area contributed by atoms with Crippen LogP contribution in [0.4, 0.5) is 4.79 Å². The van der Waals surface area contributed by atoms with E-state index in [0.29, 0.717) is 11.8 Å². The maximum atomic E-state index is 12.5. The highest BCUT2D eigenvalue weighted by molar-refractivity contribution is 5.88. The predicted octanol–water partition coefficient (Wildman–Crippen LogP) is 3.36. The van der Waals surface area contributed by atoms with Gasteiger partial charge in [-0.1, -0.05) is 12.5 Å². The molecule has 0 unspecified atom stereocenters. The van der Waals surface area contributed by atoms with Crippen LogP contribution in [-0.2, 0) is 0 Å². The Kier molecular flexibility index (Phi) is 7.57. The molecular weight excluding hydrogens is 432 g/mol. The van der Waals surface area contributed by atoms with E-state index >= 15 is 0 Å². The molecule has 1 amide bonds. The monoisotopic (exact) mass is 470 g/mol. The van der Waals surface area contributed by atoms with Crippen LogP contribution in [0.25, 0.3) is 10.9 Å². The molecule has 1 saturated carbocycles. The first kappa shape index (κ1) is 23.5. The number of rotatable bonds is 8. The van der Waals surface area contributed by atoms with Crippen molar-refractivity contribution in [2.24, 2.45) is 5.92 Å². The van der Waals surface area contributed by atoms with Gasteiger partial charge in [0.25, 0.3) is 0 Å². The summed E-state index contributed by atoms with van der Waals surface area (Å²) in [6, 6.07) is 7.90. The maximum Gasteiger partial charge on any atom is 0.414 e. The lowest BCUT2D eigenvalue weighted by Crippen LogP contribution is -2.47. The standard InChI is InChI=1S/C26H38N4O4/c31-21-9-13-30(14-10-21)16-15-29-11-7-20(8-12-29)27-26(32)34-25-17-22-23(28-25)5-2-6-24(22)33-18-19-3-1-4-19/h2,5-6,17,19-21,28,31H,1,3-4,7-16,18H2,(H,27,32). The van der Waals surface area contributed by atoms with Crippen LogP contribution in [0.2, 0.25) is 0 Å². The number of hydrogen-bond acceptors (Lipinski definition) is 6. The van der Waals surface area contributed by atoms with Crippen molar-refractivity contribution in [1.82, 2.24) is 20.1 Å². The zero-order valence-electron chi connectivity index (χ0n) is 20.0. The fraction of sp³-hybridized carbons (Fsp3) is 0.654. The summed E-state index contributed by atoms with van der Waals surface area (Å²) in [4.78, 5) is 20.6. The number of aliphatic hydroxyl groups is 1. The molecule has 1 aliphatic carbocycles. The second-order valence-electron chi connectivity index (χ2n) is 10.2. The van der Waals surface area contributed by atoms with Crippen molar-refractivity contribution in [3.05, 3.63) is 24.3 Å². The number of carbonyl (C=O) groups is 1. The van der Waals surface area contributed by atoms with Gasteiger partial charge in [0.1, 0.15) is 5.75 Å². The van der Waals surface area contributed by atoms with Gasteiger partial charge in [-0.2, -0.15) is 0 Å². The lowest BCUT2D eigenvalue weighted by atomic mass is 9.86. The van der Waals surface area contributed by atoms with Gasteiger partial charge in [0.15, 0.2) is 0 Å². The van der Waals surface area contributed by atoms with E-state index in [4.69, 9.17) is 9.47 Å². The molecule has 2 saturated heterocycles. The van der Waals surface area contributed by atoms with Crippen molar-refractivity contribution in [3.63, 3.8) is 0 Å². The van der Waals surface area contributed by atoms with E-state index in [1.165, 1.54) is 19.3 Å². The summed E-state index contributed by atoms with van der Waals surface area (Å²) in [5.74, 6) is 1.95. The van der Waals surface area contributed by atoms with Crippen molar-refractivity contribution in [2.45, 2.75) is 57.1 Å². The van der Waals surface area contributed by atoms with Crippen LogP contribution in [0.5, 0.6) is 11.6 Å². The Bertz CT molecular complexity index is 943. The third-order valence-electron chi connectivity index (χ3n) is 7.70. The van der Waals surface area contributed by atoms with Gasteiger partial charge in [-0.15, -0.1) is 0 Å². The number of nitrogens with one attached hydrogen (secondary N) is 2. The van der Waals surface area contributed by atoms with Gasteiger partial charge in [0.2, 0.25) is 5.88 Å². The van der Waals surface area contributed by atoms with E-state index in [2.05, 4.69) is 20.1 Å². The zero-order valence-corrected chi connectivity index (χ0v) is 20.0. The van der Waals surface area contributed by atoms with Crippen LogP contribution in [0.15, 0.2) is 24.3 Å². The Hall–Kier alpha value is -2.29. The summed E-state index contributed by atoms with van der Waals surface area (Å²) in [6.45, 7) is 6.80. The fourth-order valence-corrected chi connectivity index (χ4v) is 5.17. The quantitative estimate of drug-likeness (QED) is 0.548. The van der Waals surface area contributed by atoms with Crippen molar-refractivity contribution >= 4 is 17.0 Å². The molecule has 186 valence electrons. The molecule has 0 radical (unpaired) electrons. The van der Waals surface area contributed by atoms with Crippen LogP contribution < -0.4 is 14.8 Å². The van der Waals surface area contributed by atoms with E-state index in [9.17, 15) is 9.90 Å². The third-order valence-corrected chi connectivity index (χ3v) is 7.70. The SMILES string of the molecule is O=C(NC1CCN(CCN2CCC(O)CC2)CC1)Oc1cc2c(OCC3CCC3)cccc2[nH]1. The van der Waals surface area contributed by atoms with Gasteiger partial charge in [0, 0.05) is 56.8 Å². The summed E-state index contributed by atoms with van der Waals surface area (Å²) in [6.07, 6.45) is 6.92. The number of piperidine rings is 2. The van der Waals surface area contributed by atoms with Gasteiger partial charge >= 0.3 is 6.09 Å². The number of benzene rings is 1. The number of aromatic amines is 1. The maximum absolute atomic E-state index is 12.5. The van der Waals surface area contributed by atoms with E-state index in [0.717, 1.165) is 88.2 Å². The summed E-state index contributed by atoms with van der Waals surface area (Å²) in [5, 5.41) is 13.6. The van der Waals surface area contributed by atoms with Crippen molar-refractivity contribution in [2.75, 3.05) is 45.9 Å². The molecule has 3 heterocycles. The smallest absolute Gasteiger partial charge is 0.414 e. The minimum absolute atomic E-state index is 0.116. The Labute approximate surface area is 201 Å². The number of ether oxygens (including phenoxy) is 2. The topological polar surface area (TPSA) is 90.1 Å². The van der Waals surface area contributed by atoms with E-state index in [1.807, 2.05) is 24.3 Å². The average molecular weight is 471 g/mol. The largest absolute Gasteiger partial charge is 0.493 e. The molecule has 2 aliphatic heterocycles. The molecule has 1 aromatic carbocycles. The molecule has 5 rings (SSSR count). The number of nitrogens with zero attached hydrogens (tertiary/aromatic N) is 2. The molecule has 3 N–H and O–H groups in total. The number of carbonyl (C=O) groups excluding carboxylic acids is 1. The third kappa shape index (κ3) is 6.03. The van der Waals surface area contributed by atoms with Gasteiger partial charge < -0.3 is 34.7 Å². The summed E-state index contributed by atoms with van der Waals surface area (Å²) < 4.78 is 11.6. The lowest BCUT2D eigenvalue weighted by Gasteiger charge is -2.35. The van der Waals surface area contributed by atoms with Crippen LogP contribution in [0.1, 0.15) is 44.9 Å². The zero-order chi connectivity index (χ0) is 23.3. The molecule has 1 aromatic heterocycles. The van der Waals surface area contributed by atoms with Crippen LogP contribution >= 0.6 is 0 Å². The predicted molar refractivity (Wildman–Crippen MR) is 131 cm³/mol. The van der Waals surface area contributed by atoms with Crippen LogP contribution in [-0.4, -0.2) is 84.0 Å². The highest BCUT2D eigenvalue weighted by atomic mass is 16.6. The van der Waals surface area contributed by atoms with E-state index in [1.54, 1.807) is 0 Å². The van der Waals surface area contributed by atoms with Crippen LogP contribution in [0, 0.1) is 5.92 Å². The molecule has 2 aromatic rings. The Morgan fingerprint density at radius 3 is 2.41 bits per heavy atom. The second kappa shape index (κ2) is 11.0. The fourth-order valence-electron chi connectivity index (χ4n) is 5.17. The summed E-state index contributed by atoms with van der Waals surface area (Å²) in [7, 11) is 0.